The van der Waals surface area contributed by atoms with Crippen molar-refractivity contribution in [1.82, 2.24) is 34.1 Å². The molecule has 41 heavy (non-hydrogen) atoms. The van der Waals surface area contributed by atoms with E-state index in [9.17, 15) is 9.59 Å². The first-order valence-corrected chi connectivity index (χ1v) is 14.2. The normalized spacial score (nSPS) is 18.6. The lowest BCUT2D eigenvalue weighted by Gasteiger charge is -2.32. The minimum absolute atomic E-state index is 0.0239. The molecular weight excluding hydrogens is 520 g/mol. The number of amides is 2. The number of carbonyl (C=O) groups excluding carboxylic acids is 2. The number of ether oxygens (including phenoxy) is 1. The van der Waals surface area contributed by atoms with Crippen LogP contribution in [-0.4, -0.2) is 85.8 Å². The van der Waals surface area contributed by atoms with Crippen molar-refractivity contribution in [3.8, 4) is 17.1 Å². The highest BCUT2D eigenvalue weighted by Gasteiger charge is 2.24. The van der Waals surface area contributed by atoms with Crippen LogP contribution in [0.2, 0.25) is 0 Å². The number of rotatable bonds is 1. The first-order chi connectivity index (χ1) is 19.8. The van der Waals surface area contributed by atoms with Crippen molar-refractivity contribution in [2.24, 2.45) is 13.0 Å². The van der Waals surface area contributed by atoms with E-state index < -0.39 is 0 Å². The van der Waals surface area contributed by atoms with Gasteiger partial charge >= 0.3 is 0 Å². The molecule has 2 aliphatic heterocycles. The number of benzene rings is 1. The van der Waals surface area contributed by atoms with Gasteiger partial charge in [0, 0.05) is 56.6 Å². The third-order valence-corrected chi connectivity index (χ3v) is 7.96. The van der Waals surface area contributed by atoms with Gasteiger partial charge in [0.05, 0.1) is 35.1 Å². The average Bonchev–Trinajstić information content (AvgIpc) is 3.49. The summed E-state index contributed by atoms with van der Waals surface area (Å²) in [7, 11) is 3.91. The fraction of sp³-hybridized carbons (Fsp3) is 0.433. The molecule has 2 bridgehead atoms. The SMILES string of the molecule is Cc1cc2cc(n1)-c1cnn(C)c1OCCC[C@@H](C)Cn1c(nc3ccc(C(=O)N4CCN(C)CC4)cc31)NC2=O. The number of aromatic nitrogens is 5. The van der Waals surface area contributed by atoms with E-state index in [0.29, 0.717) is 60.6 Å². The number of nitrogens with zero attached hydrogens (tertiary/aromatic N) is 7. The minimum atomic E-state index is -0.282. The van der Waals surface area contributed by atoms with Gasteiger partial charge in [0.2, 0.25) is 11.8 Å². The summed E-state index contributed by atoms with van der Waals surface area (Å²) in [6, 6.07) is 9.15. The van der Waals surface area contributed by atoms with Gasteiger partial charge in [-0.15, -0.1) is 0 Å². The summed E-state index contributed by atoms with van der Waals surface area (Å²) in [5.74, 6) is 1.11. The van der Waals surface area contributed by atoms with Crippen LogP contribution in [0.15, 0.2) is 36.5 Å². The van der Waals surface area contributed by atoms with Gasteiger partial charge in [0.1, 0.15) is 0 Å². The third kappa shape index (κ3) is 5.41. The molecule has 0 radical (unpaired) electrons. The van der Waals surface area contributed by atoms with Crippen LogP contribution in [0.4, 0.5) is 5.95 Å². The van der Waals surface area contributed by atoms with E-state index in [4.69, 9.17) is 9.72 Å². The van der Waals surface area contributed by atoms with Crippen molar-refractivity contribution in [2.75, 3.05) is 45.2 Å². The number of likely N-dealkylation sites (N-methyl/N-ethyl adjacent to an activating group) is 1. The van der Waals surface area contributed by atoms with Gasteiger partial charge in [0.15, 0.2) is 0 Å². The monoisotopic (exact) mass is 556 g/mol. The molecule has 2 aliphatic rings. The Morgan fingerprint density at radius 3 is 2.68 bits per heavy atom. The van der Waals surface area contributed by atoms with Crippen LogP contribution in [0, 0.1) is 12.8 Å². The summed E-state index contributed by atoms with van der Waals surface area (Å²) in [5.41, 5.74) is 4.75. The number of hydrogen-bond donors (Lipinski definition) is 1. The van der Waals surface area contributed by atoms with E-state index in [1.807, 2.05) is 41.6 Å². The summed E-state index contributed by atoms with van der Waals surface area (Å²) >= 11 is 0. The maximum absolute atomic E-state index is 13.6. The molecule has 1 atom stereocenters. The molecule has 4 aromatic rings. The summed E-state index contributed by atoms with van der Waals surface area (Å²) in [6.45, 7) is 8.36. The first kappa shape index (κ1) is 26.9. The zero-order valence-corrected chi connectivity index (χ0v) is 24.1. The van der Waals surface area contributed by atoms with E-state index in [0.717, 1.165) is 42.5 Å². The molecule has 1 aromatic carbocycles. The smallest absolute Gasteiger partial charge is 0.258 e. The Morgan fingerprint density at radius 1 is 1.07 bits per heavy atom. The first-order valence-electron chi connectivity index (χ1n) is 14.2. The average molecular weight is 557 g/mol. The summed E-state index contributed by atoms with van der Waals surface area (Å²) in [5, 5.41) is 7.43. The minimum Gasteiger partial charge on any atom is -0.477 e. The largest absolute Gasteiger partial charge is 0.477 e. The number of fused-ring (bicyclic) bond motifs is 7. The summed E-state index contributed by atoms with van der Waals surface area (Å²) in [6.07, 6.45) is 3.48. The van der Waals surface area contributed by atoms with Crippen molar-refractivity contribution in [3.63, 3.8) is 0 Å². The zero-order chi connectivity index (χ0) is 28.7. The number of nitrogens with one attached hydrogen (secondary N) is 1. The molecule has 3 aromatic heterocycles. The van der Waals surface area contributed by atoms with Gasteiger partial charge < -0.3 is 19.1 Å². The Bertz CT molecular complexity index is 1620. The fourth-order valence-corrected chi connectivity index (χ4v) is 5.62. The Morgan fingerprint density at radius 2 is 1.88 bits per heavy atom. The van der Waals surface area contributed by atoms with E-state index in [2.05, 4.69) is 34.3 Å². The topological polar surface area (TPSA) is 110 Å². The number of hydrogen-bond acceptors (Lipinski definition) is 7. The van der Waals surface area contributed by atoms with Gasteiger partial charge in [-0.2, -0.15) is 5.10 Å². The standard InChI is InChI=1S/C30H36N8O3/c1-19-6-5-13-41-29-23(17-31-36(29)4)25-15-22(14-20(2)32-25)27(39)34-30-33-24-8-7-21(16-26(24)38(30)18-19)28(40)37-11-9-35(3)10-12-37/h7-8,14-17,19H,5-6,9-13,18H2,1-4H3,(H,33,34,39)/t19-/m1/s1. The molecule has 5 heterocycles. The second kappa shape index (κ2) is 11.0. The highest BCUT2D eigenvalue weighted by atomic mass is 16.5. The van der Waals surface area contributed by atoms with Crippen molar-refractivity contribution >= 4 is 28.8 Å². The molecule has 11 nitrogen and oxygen atoms in total. The Kier molecular flexibility index (Phi) is 7.21. The van der Waals surface area contributed by atoms with Crippen LogP contribution in [0.1, 0.15) is 46.2 Å². The molecule has 11 heteroatoms. The van der Waals surface area contributed by atoms with Crippen LogP contribution in [0.25, 0.3) is 22.3 Å². The van der Waals surface area contributed by atoms with E-state index in [-0.39, 0.29) is 17.7 Å². The zero-order valence-electron chi connectivity index (χ0n) is 24.1. The van der Waals surface area contributed by atoms with Crippen LogP contribution < -0.4 is 10.1 Å². The quantitative estimate of drug-likeness (QED) is 0.382. The van der Waals surface area contributed by atoms with Crippen molar-refractivity contribution in [3.05, 3.63) is 53.3 Å². The number of aryl methyl sites for hydroxylation is 2. The number of piperazine rings is 1. The summed E-state index contributed by atoms with van der Waals surface area (Å²) in [4.78, 5) is 40.6. The van der Waals surface area contributed by atoms with Gasteiger partial charge in [-0.25, -0.2) is 9.67 Å². The lowest BCUT2D eigenvalue weighted by atomic mass is 10.1. The predicted molar refractivity (Wildman–Crippen MR) is 156 cm³/mol. The van der Waals surface area contributed by atoms with Gasteiger partial charge in [0.25, 0.3) is 11.8 Å². The lowest BCUT2D eigenvalue weighted by Crippen LogP contribution is -2.47. The van der Waals surface area contributed by atoms with Crippen LogP contribution in [0.5, 0.6) is 5.88 Å². The fourth-order valence-electron chi connectivity index (χ4n) is 5.62. The number of carbonyl (C=O) groups is 2. The number of pyridine rings is 1. The van der Waals surface area contributed by atoms with Crippen LogP contribution >= 0.6 is 0 Å². The number of anilines is 1. The van der Waals surface area contributed by atoms with E-state index in [1.54, 1.807) is 23.0 Å². The highest BCUT2D eigenvalue weighted by molar-refractivity contribution is 6.05. The maximum Gasteiger partial charge on any atom is 0.258 e. The molecule has 1 N–H and O–H groups in total. The Balaban J connectivity index is 1.38. The van der Waals surface area contributed by atoms with Crippen molar-refractivity contribution < 1.29 is 14.3 Å². The van der Waals surface area contributed by atoms with E-state index >= 15 is 0 Å². The Labute approximate surface area is 239 Å². The second-order valence-corrected chi connectivity index (χ2v) is 11.3. The molecule has 1 fully saturated rings. The van der Waals surface area contributed by atoms with Crippen LogP contribution in [-0.2, 0) is 13.6 Å². The molecule has 6 rings (SSSR count). The predicted octanol–water partition coefficient (Wildman–Crippen LogP) is 3.59. The van der Waals surface area contributed by atoms with Gasteiger partial charge in [-0.1, -0.05) is 6.92 Å². The molecule has 214 valence electrons. The second-order valence-electron chi connectivity index (χ2n) is 11.3. The molecule has 0 saturated carbocycles. The van der Waals surface area contributed by atoms with Crippen LogP contribution in [0.3, 0.4) is 0 Å². The molecule has 2 amide bonds. The molecule has 0 spiro atoms. The Hall–Kier alpha value is -4.25. The molecule has 0 aliphatic carbocycles. The molecule has 0 unspecified atom stereocenters. The maximum atomic E-state index is 13.6. The van der Waals surface area contributed by atoms with Gasteiger partial charge in [-0.3, -0.25) is 19.9 Å². The van der Waals surface area contributed by atoms with Gasteiger partial charge in [-0.05, 0) is 63.1 Å². The van der Waals surface area contributed by atoms with Crippen molar-refractivity contribution in [2.45, 2.75) is 33.2 Å². The summed E-state index contributed by atoms with van der Waals surface area (Å²) < 4.78 is 9.91. The van der Waals surface area contributed by atoms with E-state index in [1.165, 1.54) is 0 Å². The lowest BCUT2D eigenvalue weighted by molar-refractivity contribution is 0.0664. The molecule has 1 saturated heterocycles. The van der Waals surface area contributed by atoms with Crippen molar-refractivity contribution in [1.29, 1.82) is 0 Å². The highest BCUT2D eigenvalue weighted by Crippen LogP contribution is 2.31. The third-order valence-electron chi connectivity index (χ3n) is 7.96. The number of imidazole rings is 1. The molecular formula is C30H36N8O3.